The Hall–Kier alpha value is -1.98. The Kier molecular flexibility index (Phi) is 5.61. The van der Waals surface area contributed by atoms with Crippen molar-refractivity contribution in [3.05, 3.63) is 29.8 Å². The zero-order chi connectivity index (χ0) is 15.3. The highest BCUT2D eigenvalue weighted by Crippen LogP contribution is 2.15. The molecule has 0 bridgehead atoms. The summed E-state index contributed by atoms with van der Waals surface area (Å²) in [6.07, 6.45) is 0.754. The van der Waals surface area contributed by atoms with E-state index < -0.39 is 23.4 Å². The Morgan fingerprint density at radius 2 is 1.95 bits per heavy atom. The van der Waals surface area contributed by atoms with Gasteiger partial charge in [-0.2, -0.15) is 0 Å². The number of carbonyl (C=O) groups excluding carboxylic acids is 2. The molecule has 0 spiro atoms. The van der Waals surface area contributed by atoms with Gasteiger partial charge < -0.3 is 10.2 Å². The largest absolute Gasteiger partial charge is 0.337 e. The molecule has 110 valence electrons. The van der Waals surface area contributed by atoms with Crippen molar-refractivity contribution in [2.24, 2.45) is 5.92 Å². The third-order valence-corrected chi connectivity index (χ3v) is 2.76. The van der Waals surface area contributed by atoms with E-state index in [4.69, 9.17) is 0 Å². The van der Waals surface area contributed by atoms with E-state index in [9.17, 15) is 18.4 Å². The highest BCUT2D eigenvalue weighted by Gasteiger charge is 2.20. The number of amides is 2. The van der Waals surface area contributed by atoms with Crippen molar-refractivity contribution in [3.63, 3.8) is 0 Å². The first-order valence-electron chi connectivity index (χ1n) is 6.32. The molecule has 0 aliphatic rings. The van der Waals surface area contributed by atoms with Gasteiger partial charge in [-0.05, 0) is 24.5 Å². The molecule has 1 N–H and O–H groups in total. The lowest BCUT2D eigenvalue weighted by Gasteiger charge is -2.17. The molecule has 2 amide bonds. The highest BCUT2D eigenvalue weighted by atomic mass is 19.1. The second kappa shape index (κ2) is 6.98. The van der Waals surface area contributed by atoms with E-state index >= 15 is 0 Å². The SMILES string of the molecule is CC(C)CCN(C)C(=O)C(=O)Nc1cc(F)ccc1F. The first kappa shape index (κ1) is 16.1. The van der Waals surface area contributed by atoms with E-state index in [1.165, 1.54) is 11.9 Å². The van der Waals surface area contributed by atoms with Crippen LogP contribution in [0.15, 0.2) is 18.2 Å². The molecule has 1 rings (SSSR count). The molecule has 0 aliphatic carbocycles. The predicted octanol–water partition coefficient (Wildman–Crippen LogP) is 2.41. The molecule has 20 heavy (non-hydrogen) atoms. The van der Waals surface area contributed by atoms with Crippen LogP contribution >= 0.6 is 0 Å². The van der Waals surface area contributed by atoms with Gasteiger partial charge in [0.1, 0.15) is 11.6 Å². The van der Waals surface area contributed by atoms with Crippen LogP contribution in [-0.2, 0) is 9.59 Å². The van der Waals surface area contributed by atoms with Crippen LogP contribution in [0.1, 0.15) is 20.3 Å². The molecule has 6 heteroatoms. The number of halogens is 2. The molecule has 0 saturated heterocycles. The third kappa shape index (κ3) is 4.60. The number of likely N-dealkylation sites (N-methyl/N-ethyl adjacent to an activating group) is 1. The fourth-order valence-electron chi connectivity index (χ4n) is 1.50. The summed E-state index contributed by atoms with van der Waals surface area (Å²) in [7, 11) is 1.49. The summed E-state index contributed by atoms with van der Waals surface area (Å²) >= 11 is 0. The Morgan fingerprint density at radius 3 is 2.55 bits per heavy atom. The van der Waals surface area contributed by atoms with Gasteiger partial charge in [-0.15, -0.1) is 0 Å². The standard InChI is InChI=1S/C14H18F2N2O2/c1-9(2)6-7-18(3)14(20)13(19)17-12-8-10(15)4-5-11(12)16/h4-5,8-9H,6-7H2,1-3H3,(H,17,19). The second-order valence-corrected chi connectivity index (χ2v) is 4.99. The van der Waals surface area contributed by atoms with Gasteiger partial charge in [0.25, 0.3) is 0 Å². The van der Waals surface area contributed by atoms with Gasteiger partial charge in [0.2, 0.25) is 0 Å². The van der Waals surface area contributed by atoms with Crippen LogP contribution in [0.5, 0.6) is 0 Å². The monoisotopic (exact) mass is 284 g/mol. The van der Waals surface area contributed by atoms with Gasteiger partial charge in [0.05, 0.1) is 5.69 Å². The summed E-state index contributed by atoms with van der Waals surface area (Å²) in [5, 5.41) is 2.07. The smallest absolute Gasteiger partial charge is 0.313 e. The van der Waals surface area contributed by atoms with Gasteiger partial charge >= 0.3 is 11.8 Å². The maximum Gasteiger partial charge on any atom is 0.313 e. The van der Waals surface area contributed by atoms with Gasteiger partial charge in [0, 0.05) is 19.7 Å². The number of carbonyl (C=O) groups is 2. The van der Waals surface area contributed by atoms with Crippen LogP contribution in [0.25, 0.3) is 0 Å². The summed E-state index contributed by atoms with van der Waals surface area (Å²) in [6.45, 7) is 4.43. The molecule has 1 aromatic rings. The predicted molar refractivity (Wildman–Crippen MR) is 72.1 cm³/mol. The molecule has 0 saturated carbocycles. The normalized spacial score (nSPS) is 10.5. The molecule has 1 aromatic carbocycles. The van der Waals surface area contributed by atoms with Gasteiger partial charge in [-0.1, -0.05) is 13.8 Å². The average molecular weight is 284 g/mol. The lowest BCUT2D eigenvalue weighted by atomic mass is 10.1. The summed E-state index contributed by atoms with van der Waals surface area (Å²) in [5.41, 5.74) is -0.347. The molecule has 0 aliphatic heterocycles. The molecular weight excluding hydrogens is 266 g/mol. The average Bonchev–Trinajstić information content (AvgIpc) is 2.39. The Balaban J connectivity index is 2.66. The first-order valence-corrected chi connectivity index (χ1v) is 6.32. The maximum absolute atomic E-state index is 13.3. The summed E-state index contributed by atoms with van der Waals surface area (Å²) in [4.78, 5) is 24.7. The number of nitrogens with one attached hydrogen (secondary N) is 1. The van der Waals surface area contributed by atoms with Crippen LogP contribution in [0, 0.1) is 17.6 Å². The summed E-state index contributed by atoms with van der Waals surface area (Å²) in [5.74, 6) is -2.86. The number of hydrogen-bond acceptors (Lipinski definition) is 2. The van der Waals surface area contributed by atoms with Crippen molar-refractivity contribution < 1.29 is 18.4 Å². The maximum atomic E-state index is 13.3. The number of benzene rings is 1. The second-order valence-electron chi connectivity index (χ2n) is 4.99. The van der Waals surface area contributed by atoms with Crippen LogP contribution in [0.3, 0.4) is 0 Å². The minimum Gasteiger partial charge on any atom is -0.337 e. The fourth-order valence-corrected chi connectivity index (χ4v) is 1.50. The molecule has 0 fully saturated rings. The highest BCUT2D eigenvalue weighted by molar-refractivity contribution is 6.39. The Bertz CT molecular complexity index is 504. The minimum atomic E-state index is -0.985. The quantitative estimate of drug-likeness (QED) is 0.863. The van der Waals surface area contributed by atoms with Crippen molar-refractivity contribution in [3.8, 4) is 0 Å². The van der Waals surface area contributed by atoms with Gasteiger partial charge in [0.15, 0.2) is 0 Å². The van der Waals surface area contributed by atoms with Crippen LogP contribution in [0.4, 0.5) is 14.5 Å². The van der Waals surface area contributed by atoms with E-state index in [2.05, 4.69) is 5.32 Å². The van der Waals surface area contributed by atoms with Gasteiger partial charge in [-0.3, -0.25) is 9.59 Å². The Morgan fingerprint density at radius 1 is 1.30 bits per heavy atom. The molecule has 0 atom stereocenters. The van der Waals surface area contributed by atoms with E-state index in [1.807, 2.05) is 13.8 Å². The Labute approximate surface area is 116 Å². The van der Waals surface area contributed by atoms with Crippen molar-refractivity contribution in [2.45, 2.75) is 20.3 Å². The molecule has 0 aromatic heterocycles. The van der Waals surface area contributed by atoms with Crippen molar-refractivity contribution in [1.82, 2.24) is 4.90 Å². The zero-order valence-corrected chi connectivity index (χ0v) is 11.7. The molecule has 4 nitrogen and oxygen atoms in total. The summed E-state index contributed by atoms with van der Waals surface area (Å²) < 4.78 is 26.3. The lowest BCUT2D eigenvalue weighted by molar-refractivity contribution is -0.142. The number of hydrogen-bond donors (Lipinski definition) is 1. The third-order valence-electron chi connectivity index (χ3n) is 2.76. The molecular formula is C14H18F2N2O2. The first-order chi connectivity index (χ1) is 9.31. The van der Waals surface area contributed by atoms with Gasteiger partial charge in [-0.25, -0.2) is 8.78 Å². The van der Waals surface area contributed by atoms with E-state index in [0.717, 1.165) is 24.6 Å². The van der Waals surface area contributed by atoms with Crippen LogP contribution < -0.4 is 5.32 Å². The molecule has 0 unspecified atom stereocenters. The molecule has 0 heterocycles. The number of nitrogens with zero attached hydrogens (tertiary/aromatic N) is 1. The lowest BCUT2D eigenvalue weighted by Crippen LogP contribution is -2.38. The van der Waals surface area contributed by atoms with Crippen molar-refractivity contribution >= 4 is 17.5 Å². The van der Waals surface area contributed by atoms with Crippen LogP contribution in [0.2, 0.25) is 0 Å². The van der Waals surface area contributed by atoms with E-state index in [1.54, 1.807) is 0 Å². The minimum absolute atomic E-state index is 0.347. The summed E-state index contributed by atoms with van der Waals surface area (Å²) in [6, 6.07) is 2.65. The number of anilines is 1. The fraction of sp³-hybridized carbons (Fsp3) is 0.429. The number of rotatable bonds is 4. The van der Waals surface area contributed by atoms with Crippen molar-refractivity contribution in [2.75, 3.05) is 18.9 Å². The topological polar surface area (TPSA) is 49.4 Å². The zero-order valence-electron chi connectivity index (χ0n) is 11.7. The van der Waals surface area contributed by atoms with Crippen molar-refractivity contribution in [1.29, 1.82) is 0 Å². The molecule has 0 radical (unpaired) electrons. The van der Waals surface area contributed by atoms with E-state index in [0.29, 0.717) is 12.5 Å². The van der Waals surface area contributed by atoms with E-state index in [-0.39, 0.29) is 5.69 Å². The van der Waals surface area contributed by atoms with Crippen LogP contribution in [-0.4, -0.2) is 30.3 Å².